The van der Waals surface area contributed by atoms with E-state index in [1.165, 1.54) is 23.0 Å². The number of carbonyl (C=O) groups excluding carboxylic acids is 1. The van der Waals surface area contributed by atoms with E-state index in [0.717, 1.165) is 4.90 Å². The summed E-state index contributed by atoms with van der Waals surface area (Å²) in [7, 11) is 0. The molecule has 10 heteroatoms. The third-order valence-corrected chi connectivity index (χ3v) is 5.72. The molecule has 1 aromatic carbocycles. The van der Waals surface area contributed by atoms with E-state index >= 15 is 0 Å². The summed E-state index contributed by atoms with van der Waals surface area (Å²) in [6.07, 6.45) is -2.87. The fraction of sp³-hybridized carbons (Fsp3) is 0.524. The molecule has 1 unspecified atom stereocenters. The van der Waals surface area contributed by atoms with Gasteiger partial charge in [-0.1, -0.05) is 6.07 Å². The van der Waals surface area contributed by atoms with Gasteiger partial charge in [0.15, 0.2) is 0 Å². The molecule has 1 amide bonds. The second kappa shape index (κ2) is 7.90. The number of hydrogen-bond donors (Lipinski definition) is 2. The summed E-state index contributed by atoms with van der Waals surface area (Å²) in [5, 5.41) is 23.9. The number of amides is 1. The van der Waals surface area contributed by atoms with Crippen molar-refractivity contribution in [3.05, 3.63) is 47.5 Å². The van der Waals surface area contributed by atoms with Gasteiger partial charge in [0.25, 0.3) is 5.91 Å². The standard InChI is InChI=1S/C21H25F4N3O3/c1-19(2,30)14-4-5-17(15(22)12-14)28-16(6-9-26-28)13-7-10-27(11-8-13)18(29)20(3,31)21(23,24)25/h4-6,9,12-13,30-31H,7-8,10-11H2,1-3H3. The van der Waals surface area contributed by atoms with Crippen molar-refractivity contribution in [3.63, 3.8) is 0 Å². The summed E-state index contributed by atoms with van der Waals surface area (Å²) >= 11 is 0. The van der Waals surface area contributed by atoms with Gasteiger partial charge in [-0.05, 0) is 57.4 Å². The Morgan fingerprint density at radius 3 is 2.23 bits per heavy atom. The summed E-state index contributed by atoms with van der Waals surface area (Å²) in [5.41, 5.74) is -3.38. The maximum Gasteiger partial charge on any atom is 0.426 e. The Morgan fingerprint density at radius 1 is 1.10 bits per heavy atom. The van der Waals surface area contributed by atoms with E-state index < -0.39 is 29.1 Å². The molecule has 0 aliphatic carbocycles. The molecule has 2 aromatic rings. The lowest BCUT2D eigenvalue weighted by Gasteiger charge is -2.36. The fourth-order valence-corrected chi connectivity index (χ4v) is 3.69. The first-order valence-electron chi connectivity index (χ1n) is 9.88. The van der Waals surface area contributed by atoms with Crippen LogP contribution in [0.2, 0.25) is 0 Å². The first kappa shape index (κ1) is 23.2. The molecular weight excluding hydrogens is 418 g/mol. The fourth-order valence-electron chi connectivity index (χ4n) is 3.69. The quantitative estimate of drug-likeness (QED) is 0.712. The van der Waals surface area contributed by atoms with Crippen LogP contribution in [0, 0.1) is 5.82 Å². The van der Waals surface area contributed by atoms with E-state index in [9.17, 15) is 32.6 Å². The molecule has 1 fully saturated rings. The van der Waals surface area contributed by atoms with E-state index in [2.05, 4.69) is 5.10 Å². The molecule has 0 spiro atoms. The normalized spacial score (nSPS) is 18.2. The van der Waals surface area contributed by atoms with Gasteiger partial charge in [-0.15, -0.1) is 0 Å². The highest BCUT2D eigenvalue weighted by Crippen LogP contribution is 2.35. The van der Waals surface area contributed by atoms with Crippen LogP contribution in [0.5, 0.6) is 0 Å². The lowest BCUT2D eigenvalue weighted by atomic mass is 9.92. The van der Waals surface area contributed by atoms with Gasteiger partial charge in [0.05, 0.1) is 5.60 Å². The second-order valence-electron chi connectivity index (χ2n) is 8.53. The van der Waals surface area contributed by atoms with Crippen LogP contribution in [0.3, 0.4) is 0 Å². The van der Waals surface area contributed by atoms with Crippen LogP contribution in [0.25, 0.3) is 5.69 Å². The van der Waals surface area contributed by atoms with Gasteiger partial charge in [0.2, 0.25) is 5.60 Å². The molecule has 1 aromatic heterocycles. The van der Waals surface area contributed by atoms with Gasteiger partial charge in [-0.2, -0.15) is 18.3 Å². The van der Waals surface area contributed by atoms with Gasteiger partial charge in [-0.25, -0.2) is 9.07 Å². The number of hydrogen-bond acceptors (Lipinski definition) is 4. The van der Waals surface area contributed by atoms with Crippen LogP contribution in [-0.2, 0) is 10.4 Å². The second-order valence-corrected chi connectivity index (χ2v) is 8.53. The molecule has 3 rings (SSSR count). The first-order chi connectivity index (χ1) is 14.2. The van der Waals surface area contributed by atoms with Crippen molar-refractivity contribution in [2.75, 3.05) is 13.1 Å². The van der Waals surface area contributed by atoms with Crippen LogP contribution in [0.15, 0.2) is 30.5 Å². The Morgan fingerprint density at radius 2 is 1.71 bits per heavy atom. The van der Waals surface area contributed by atoms with E-state index in [1.54, 1.807) is 26.0 Å². The van der Waals surface area contributed by atoms with Crippen molar-refractivity contribution < 1.29 is 32.6 Å². The third kappa shape index (κ3) is 4.45. The number of aromatic nitrogens is 2. The number of carbonyl (C=O) groups is 1. The molecule has 0 radical (unpaired) electrons. The van der Waals surface area contributed by atoms with Crippen molar-refractivity contribution in [1.29, 1.82) is 0 Å². The lowest BCUT2D eigenvalue weighted by molar-refractivity contribution is -0.250. The highest BCUT2D eigenvalue weighted by Gasteiger charge is 2.57. The molecule has 2 N–H and O–H groups in total. The third-order valence-electron chi connectivity index (χ3n) is 5.72. The average molecular weight is 443 g/mol. The summed E-state index contributed by atoms with van der Waals surface area (Å²) in [6, 6.07) is 6.06. The van der Waals surface area contributed by atoms with Crippen LogP contribution >= 0.6 is 0 Å². The summed E-state index contributed by atoms with van der Waals surface area (Å²) in [4.78, 5) is 13.2. The van der Waals surface area contributed by atoms with Crippen molar-refractivity contribution in [1.82, 2.24) is 14.7 Å². The molecule has 1 aliphatic heterocycles. The number of piperidine rings is 1. The average Bonchev–Trinajstić information content (AvgIpc) is 3.15. The number of aliphatic hydroxyl groups is 2. The highest BCUT2D eigenvalue weighted by molar-refractivity contribution is 5.85. The number of alkyl halides is 3. The Hall–Kier alpha value is -2.46. The van der Waals surface area contributed by atoms with E-state index in [0.29, 0.717) is 31.0 Å². The first-order valence-corrected chi connectivity index (χ1v) is 9.88. The maximum absolute atomic E-state index is 14.7. The van der Waals surface area contributed by atoms with Gasteiger partial charge >= 0.3 is 6.18 Å². The summed E-state index contributed by atoms with van der Waals surface area (Å²) in [6.45, 7) is 3.61. The zero-order chi connectivity index (χ0) is 23.2. The van der Waals surface area contributed by atoms with Crippen molar-refractivity contribution in [2.24, 2.45) is 0 Å². The molecule has 1 saturated heterocycles. The molecule has 170 valence electrons. The van der Waals surface area contributed by atoms with E-state index in [-0.39, 0.29) is 24.7 Å². The van der Waals surface area contributed by atoms with Gasteiger partial charge < -0.3 is 15.1 Å². The summed E-state index contributed by atoms with van der Waals surface area (Å²) in [5.74, 6) is -2.10. The Kier molecular flexibility index (Phi) is 5.92. The van der Waals surface area contributed by atoms with Crippen molar-refractivity contribution >= 4 is 5.91 Å². The molecule has 0 saturated carbocycles. The van der Waals surface area contributed by atoms with E-state index in [1.807, 2.05) is 0 Å². The molecule has 6 nitrogen and oxygen atoms in total. The summed E-state index contributed by atoms with van der Waals surface area (Å²) < 4.78 is 55.0. The molecule has 31 heavy (non-hydrogen) atoms. The van der Waals surface area contributed by atoms with E-state index in [4.69, 9.17) is 0 Å². The molecule has 2 heterocycles. The number of nitrogens with zero attached hydrogens (tertiary/aromatic N) is 3. The molecule has 1 aliphatic rings. The smallest absolute Gasteiger partial charge is 0.386 e. The monoisotopic (exact) mass is 443 g/mol. The Labute approximate surface area is 177 Å². The topological polar surface area (TPSA) is 78.6 Å². The largest absolute Gasteiger partial charge is 0.426 e. The molecular formula is C21H25F4N3O3. The predicted molar refractivity (Wildman–Crippen MR) is 104 cm³/mol. The minimum Gasteiger partial charge on any atom is -0.386 e. The van der Waals surface area contributed by atoms with Crippen LogP contribution in [0.4, 0.5) is 17.6 Å². The zero-order valence-corrected chi connectivity index (χ0v) is 17.4. The highest BCUT2D eigenvalue weighted by atomic mass is 19.4. The van der Waals surface area contributed by atoms with Gasteiger partial charge in [0.1, 0.15) is 11.5 Å². The van der Waals surface area contributed by atoms with Crippen molar-refractivity contribution in [3.8, 4) is 5.69 Å². The van der Waals surface area contributed by atoms with Crippen LogP contribution in [0.1, 0.15) is 50.8 Å². The number of benzene rings is 1. The molecule has 0 bridgehead atoms. The molecule has 1 atom stereocenters. The lowest BCUT2D eigenvalue weighted by Crippen LogP contribution is -2.57. The minimum atomic E-state index is -5.06. The van der Waals surface area contributed by atoms with Crippen LogP contribution < -0.4 is 0 Å². The SMILES string of the molecule is CC(C)(O)c1ccc(-n2nccc2C2CCN(C(=O)C(C)(O)C(F)(F)F)CC2)c(F)c1. The Bertz CT molecular complexity index is 956. The Balaban J connectivity index is 1.77. The minimum absolute atomic E-state index is 0.0288. The number of rotatable bonds is 4. The number of halogens is 4. The van der Waals surface area contributed by atoms with Gasteiger partial charge in [-0.3, -0.25) is 4.79 Å². The van der Waals surface area contributed by atoms with Crippen LogP contribution in [-0.4, -0.2) is 55.7 Å². The zero-order valence-electron chi connectivity index (χ0n) is 17.4. The van der Waals surface area contributed by atoms with Gasteiger partial charge in [0, 0.05) is 30.9 Å². The number of likely N-dealkylation sites (tertiary alicyclic amines) is 1. The maximum atomic E-state index is 14.7. The van der Waals surface area contributed by atoms with Crippen molar-refractivity contribution in [2.45, 2.75) is 56.9 Å². The predicted octanol–water partition coefficient (Wildman–Crippen LogP) is 3.26.